The summed E-state index contributed by atoms with van der Waals surface area (Å²) in [5.74, 6) is 0. The molecule has 0 amide bonds. The first kappa shape index (κ1) is 28.5. The third-order valence-corrected chi connectivity index (χ3v) is 15.0. The van der Waals surface area contributed by atoms with E-state index < -0.39 is 14.7 Å². The van der Waals surface area contributed by atoms with Gasteiger partial charge in [0.15, 0.2) is 0 Å². The number of unbranched alkanes of at least 4 members (excludes halogenated alkanes) is 4. The molecule has 0 saturated carbocycles. The molecule has 0 bridgehead atoms. The van der Waals surface area contributed by atoms with Gasteiger partial charge < -0.3 is 0 Å². The second-order valence-corrected chi connectivity index (χ2v) is 15.9. The normalized spacial score (nSPS) is 14.1. The Hall–Kier alpha value is 0.540. The summed E-state index contributed by atoms with van der Waals surface area (Å²) in [7, 11) is -3.54. The first-order valence-electron chi connectivity index (χ1n) is 12.0. The van der Waals surface area contributed by atoms with E-state index in [0.29, 0.717) is 13.2 Å². The summed E-state index contributed by atoms with van der Waals surface area (Å²) in [5, 5.41) is 0. The molecular weight excluding hydrogens is 390 g/mol. The van der Waals surface area contributed by atoms with Gasteiger partial charge in [-0.3, -0.25) is 0 Å². The Labute approximate surface area is 176 Å². The zero-order valence-electron chi connectivity index (χ0n) is 19.8. The molecule has 0 spiro atoms. The van der Waals surface area contributed by atoms with E-state index in [1.165, 1.54) is 0 Å². The molecule has 0 aromatic rings. The number of hydrogen-bond acceptors (Lipinski definition) is 4. The van der Waals surface area contributed by atoms with Crippen molar-refractivity contribution in [2.75, 3.05) is 37.9 Å². The van der Waals surface area contributed by atoms with Gasteiger partial charge >= 0.3 is 176 Å². The van der Waals surface area contributed by atoms with Crippen LogP contribution in [0.4, 0.5) is 0 Å². The van der Waals surface area contributed by atoms with Gasteiger partial charge in [0, 0.05) is 0 Å². The number of phosphoric acid groups is 1. The molecule has 172 valence electrons. The quantitative estimate of drug-likeness (QED) is 0.178. The molecule has 28 heavy (non-hydrogen) atoms. The molecule has 0 aromatic heterocycles. The van der Waals surface area contributed by atoms with Gasteiger partial charge in [0.05, 0.1) is 0 Å². The molecule has 0 unspecified atom stereocenters. The average Bonchev–Trinajstić information content (AvgIpc) is 2.71. The van der Waals surface area contributed by atoms with E-state index in [1.54, 1.807) is 0 Å². The van der Waals surface area contributed by atoms with E-state index >= 15 is 0 Å². The van der Waals surface area contributed by atoms with Crippen LogP contribution in [0.1, 0.15) is 106 Å². The van der Waals surface area contributed by atoms with Gasteiger partial charge in [0.25, 0.3) is 0 Å². The van der Waals surface area contributed by atoms with Gasteiger partial charge in [0.2, 0.25) is 0 Å². The van der Waals surface area contributed by atoms with Crippen LogP contribution in [-0.2, 0) is 17.9 Å². The molecule has 0 N–H and O–H groups in total. The Morgan fingerprint density at radius 3 is 1.14 bits per heavy atom. The van der Waals surface area contributed by atoms with E-state index in [1.807, 2.05) is 13.8 Å². The van der Waals surface area contributed by atoms with Crippen molar-refractivity contribution in [1.29, 1.82) is 0 Å². The fourth-order valence-electron chi connectivity index (χ4n) is 3.84. The third kappa shape index (κ3) is 10.0. The van der Waals surface area contributed by atoms with Crippen molar-refractivity contribution in [2.45, 2.75) is 106 Å². The Balaban J connectivity index is 6.12. The molecule has 0 aliphatic rings. The van der Waals surface area contributed by atoms with Crippen molar-refractivity contribution in [3.63, 3.8) is 0 Å². The van der Waals surface area contributed by atoms with Crippen molar-refractivity contribution in [3.8, 4) is 0 Å². The van der Waals surface area contributed by atoms with Crippen LogP contribution in [0.25, 0.3) is 0 Å². The molecule has 0 atom stereocenters. The first-order chi connectivity index (χ1) is 13.4. The van der Waals surface area contributed by atoms with Crippen LogP contribution in [0.2, 0.25) is 0 Å². The van der Waals surface area contributed by atoms with Crippen LogP contribution >= 0.6 is 14.7 Å². The average molecular weight is 441 g/mol. The van der Waals surface area contributed by atoms with Crippen molar-refractivity contribution < 1.29 is 17.9 Å². The zero-order valence-corrected chi connectivity index (χ0v) is 21.6. The summed E-state index contributed by atoms with van der Waals surface area (Å²) in [6.07, 6.45) is 15.0. The Kier molecular flexibility index (Phi) is 15.7. The molecule has 0 aliphatic carbocycles. The summed E-state index contributed by atoms with van der Waals surface area (Å²) < 4.78 is 32.3. The van der Waals surface area contributed by atoms with E-state index in [0.717, 1.165) is 88.9 Å². The Bertz CT molecular complexity index is 373. The molecule has 0 radical (unpaired) electrons. The standard InChI is InChI=1S/C22H50O4P2/c1-7-13-19-28(20-14-8-2,21-15-9-3,22-16-10-4)26-27(23,24-17-11-5)25-18-12-6/h7-22H2,1-6H3. The molecule has 0 aromatic carbocycles. The summed E-state index contributed by atoms with van der Waals surface area (Å²) in [6, 6.07) is 0. The van der Waals surface area contributed by atoms with E-state index in [-0.39, 0.29) is 0 Å². The fourth-order valence-corrected chi connectivity index (χ4v) is 14.5. The van der Waals surface area contributed by atoms with Crippen LogP contribution in [0.5, 0.6) is 0 Å². The maximum absolute atomic E-state index is 13.8. The van der Waals surface area contributed by atoms with Gasteiger partial charge in [-0.2, -0.15) is 0 Å². The van der Waals surface area contributed by atoms with Crippen molar-refractivity contribution >= 4 is 14.7 Å². The van der Waals surface area contributed by atoms with Crippen molar-refractivity contribution in [2.24, 2.45) is 0 Å². The van der Waals surface area contributed by atoms with Crippen molar-refractivity contribution in [3.05, 3.63) is 0 Å². The van der Waals surface area contributed by atoms with Gasteiger partial charge in [-0.1, -0.05) is 0 Å². The molecular formula is C22H50O4P2. The molecule has 0 fully saturated rings. The third-order valence-electron chi connectivity index (χ3n) is 5.55. The summed E-state index contributed by atoms with van der Waals surface area (Å²) in [5.41, 5.74) is 0. The van der Waals surface area contributed by atoms with Gasteiger partial charge in [-0.05, 0) is 0 Å². The minimum absolute atomic E-state index is 0.427. The van der Waals surface area contributed by atoms with E-state index in [4.69, 9.17) is 13.4 Å². The van der Waals surface area contributed by atoms with Crippen molar-refractivity contribution in [1.82, 2.24) is 0 Å². The van der Waals surface area contributed by atoms with E-state index in [2.05, 4.69) is 27.7 Å². The van der Waals surface area contributed by atoms with Gasteiger partial charge in [0.1, 0.15) is 0 Å². The van der Waals surface area contributed by atoms with E-state index in [9.17, 15) is 4.57 Å². The van der Waals surface area contributed by atoms with Crippen LogP contribution < -0.4 is 0 Å². The summed E-state index contributed by atoms with van der Waals surface area (Å²) in [4.78, 5) is 0. The number of rotatable bonds is 20. The number of phosphoric ester groups is 1. The van der Waals surface area contributed by atoms with Crippen LogP contribution in [0.3, 0.4) is 0 Å². The predicted molar refractivity (Wildman–Crippen MR) is 127 cm³/mol. The monoisotopic (exact) mass is 440 g/mol. The van der Waals surface area contributed by atoms with Gasteiger partial charge in [-0.15, -0.1) is 0 Å². The minimum atomic E-state index is -3.54. The van der Waals surface area contributed by atoms with Crippen LogP contribution in [0.15, 0.2) is 0 Å². The number of hydrogen-bond donors (Lipinski definition) is 0. The maximum atomic E-state index is 13.8. The molecule has 0 saturated heterocycles. The molecule has 0 heterocycles. The predicted octanol–water partition coefficient (Wildman–Crippen LogP) is 8.63. The van der Waals surface area contributed by atoms with Crippen LogP contribution in [0, 0.1) is 0 Å². The van der Waals surface area contributed by atoms with Crippen LogP contribution in [-0.4, -0.2) is 37.9 Å². The topological polar surface area (TPSA) is 44.8 Å². The zero-order chi connectivity index (χ0) is 21.4. The SMILES string of the molecule is CCCCP(CCCC)(CCCC)(CCCC)OP(=O)(OCCC)OCCC. The summed E-state index contributed by atoms with van der Waals surface area (Å²) in [6.45, 7) is 11.2. The second-order valence-electron chi connectivity index (χ2n) is 8.36. The summed E-state index contributed by atoms with van der Waals surface area (Å²) >= 11 is 0. The molecule has 0 aliphatic heterocycles. The first-order valence-corrected chi connectivity index (χ1v) is 16.4. The molecule has 4 nitrogen and oxygen atoms in total. The molecule has 6 heteroatoms. The second kappa shape index (κ2) is 15.4. The Morgan fingerprint density at radius 1 is 0.571 bits per heavy atom. The molecule has 0 rings (SSSR count). The Morgan fingerprint density at radius 2 is 0.893 bits per heavy atom. The fraction of sp³-hybridized carbons (Fsp3) is 1.00. The van der Waals surface area contributed by atoms with Gasteiger partial charge in [-0.25, -0.2) is 0 Å².